The summed E-state index contributed by atoms with van der Waals surface area (Å²) in [7, 11) is 1.72. The van der Waals surface area contributed by atoms with Crippen molar-refractivity contribution >= 4 is 23.6 Å². The summed E-state index contributed by atoms with van der Waals surface area (Å²) in [4.78, 5) is 16.7. The van der Waals surface area contributed by atoms with Gasteiger partial charge in [-0.1, -0.05) is 23.7 Å². The van der Waals surface area contributed by atoms with E-state index in [1.54, 1.807) is 23.9 Å². The molecule has 1 N–H and O–H groups in total. The van der Waals surface area contributed by atoms with E-state index in [4.69, 9.17) is 11.6 Å². The molecule has 1 unspecified atom stereocenters. The molecule has 0 aliphatic carbocycles. The Balaban J connectivity index is 1.86. The third kappa shape index (κ3) is 5.07. The number of nitrogens with one attached hydrogen (secondary N) is 1. The number of carbonyl (C=O) groups is 1. The second-order valence-corrected chi connectivity index (χ2v) is 6.87. The summed E-state index contributed by atoms with van der Waals surface area (Å²) in [5, 5.41) is 2.76. The fourth-order valence-corrected chi connectivity index (χ4v) is 3.02. The Morgan fingerprint density at radius 3 is 2.63 bits per heavy atom. The number of aryl methyl sites for hydroxylation is 1. The summed E-state index contributed by atoms with van der Waals surface area (Å²) in [6.45, 7) is 0. The molecule has 0 radical (unpaired) electrons. The number of amides is 1. The van der Waals surface area contributed by atoms with E-state index in [2.05, 4.69) is 10.3 Å². The minimum Gasteiger partial charge on any atom is -0.339 e. The van der Waals surface area contributed by atoms with Crippen LogP contribution in [0.25, 0.3) is 6.08 Å². The molecule has 30 heavy (non-hydrogen) atoms. The Morgan fingerprint density at radius 1 is 1.23 bits per heavy atom. The van der Waals surface area contributed by atoms with Crippen molar-refractivity contribution in [3.8, 4) is 0 Å². The summed E-state index contributed by atoms with van der Waals surface area (Å²) in [6.07, 6.45) is 0.929. The van der Waals surface area contributed by atoms with Crippen LogP contribution in [0.3, 0.4) is 0 Å². The highest BCUT2D eigenvalue weighted by atomic mass is 35.5. The molecule has 2 aromatic carbocycles. The molecule has 0 aliphatic rings. The molecule has 0 spiro atoms. The summed E-state index contributed by atoms with van der Waals surface area (Å²) in [6, 6.07) is 7.75. The lowest BCUT2D eigenvalue weighted by molar-refractivity contribution is -0.137. The van der Waals surface area contributed by atoms with Crippen molar-refractivity contribution in [1.82, 2.24) is 14.9 Å². The molecule has 156 valence electrons. The van der Waals surface area contributed by atoms with Gasteiger partial charge in [0.05, 0.1) is 5.56 Å². The molecule has 1 heterocycles. The van der Waals surface area contributed by atoms with Gasteiger partial charge in [-0.15, -0.1) is 0 Å². The van der Waals surface area contributed by atoms with Gasteiger partial charge in [-0.25, -0.2) is 9.37 Å². The first-order valence-electron chi connectivity index (χ1n) is 8.73. The van der Waals surface area contributed by atoms with E-state index in [0.717, 1.165) is 24.3 Å². The predicted molar refractivity (Wildman–Crippen MR) is 105 cm³/mol. The molecule has 0 saturated carbocycles. The number of benzene rings is 2. The van der Waals surface area contributed by atoms with Crippen molar-refractivity contribution < 1.29 is 22.4 Å². The fraction of sp³-hybridized carbons (Fsp3) is 0.143. The van der Waals surface area contributed by atoms with Crippen LogP contribution in [0, 0.1) is 5.82 Å². The first kappa shape index (κ1) is 21.6. The quantitative estimate of drug-likeness (QED) is 0.443. The molecule has 3 aromatic rings. The minimum atomic E-state index is -4.53. The van der Waals surface area contributed by atoms with Crippen molar-refractivity contribution in [2.45, 2.75) is 12.2 Å². The maximum atomic E-state index is 13.7. The van der Waals surface area contributed by atoms with Crippen LogP contribution in [0.5, 0.6) is 0 Å². The van der Waals surface area contributed by atoms with Gasteiger partial charge in [0.1, 0.15) is 17.7 Å². The third-order valence-corrected chi connectivity index (χ3v) is 4.67. The Hall–Kier alpha value is -3.13. The lowest BCUT2D eigenvalue weighted by Gasteiger charge is -2.18. The maximum absolute atomic E-state index is 13.7. The van der Waals surface area contributed by atoms with Crippen molar-refractivity contribution in [2.24, 2.45) is 7.05 Å². The molecule has 1 atom stereocenters. The van der Waals surface area contributed by atoms with E-state index >= 15 is 0 Å². The van der Waals surface area contributed by atoms with Crippen LogP contribution < -0.4 is 5.32 Å². The van der Waals surface area contributed by atoms with Crippen LogP contribution in [0.1, 0.15) is 28.6 Å². The molecule has 1 amide bonds. The normalized spacial score (nSPS) is 12.9. The molecular formula is C21H16ClF4N3O. The van der Waals surface area contributed by atoms with Gasteiger partial charge in [0.2, 0.25) is 5.91 Å². The van der Waals surface area contributed by atoms with Crippen LogP contribution in [0.4, 0.5) is 17.6 Å². The first-order chi connectivity index (χ1) is 14.1. The number of imidazole rings is 1. The van der Waals surface area contributed by atoms with Gasteiger partial charge in [-0.05, 0) is 47.5 Å². The standard InChI is InChI=1S/C21H16ClF4N3O/c1-29-10-9-27-20(29)19(14-3-2-4-16(23)12-14)28-18(30)8-5-13-11-15(21(24,25)26)6-7-17(13)22/h2-12,19H,1H3,(H,28,30)/b8-5+. The Morgan fingerprint density at radius 2 is 2.00 bits per heavy atom. The number of hydrogen-bond donors (Lipinski definition) is 1. The molecule has 0 aliphatic heterocycles. The molecule has 0 saturated heterocycles. The van der Waals surface area contributed by atoms with Gasteiger partial charge >= 0.3 is 6.18 Å². The Kier molecular flexibility index (Phi) is 6.26. The molecule has 1 aromatic heterocycles. The van der Waals surface area contributed by atoms with Crippen LogP contribution in [-0.4, -0.2) is 15.5 Å². The van der Waals surface area contributed by atoms with Gasteiger partial charge in [0.25, 0.3) is 0 Å². The van der Waals surface area contributed by atoms with E-state index < -0.39 is 29.5 Å². The van der Waals surface area contributed by atoms with Crippen LogP contribution in [0.15, 0.2) is 60.9 Å². The zero-order valence-electron chi connectivity index (χ0n) is 15.6. The highest BCUT2D eigenvalue weighted by Crippen LogP contribution is 2.32. The van der Waals surface area contributed by atoms with Gasteiger partial charge in [-0.3, -0.25) is 4.79 Å². The second-order valence-electron chi connectivity index (χ2n) is 6.46. The van der Waals surface area contributed by atoms with Gasteiger partial charge in [0.15, 0.2) is 0 Å². The average Bonchev–Trinajstić information content (AvgIpc) is 3.10. The number of hydrogen-bond acceptors (Lipinski definition) is 2. The first-order valence-corrected chi connectivity index (χ1v) is 9.11. The number of alkyl halides is 3. The molecular weight excluding hydrogens is 422 g/mol. The number of carbonyl (C=O) groups excluding carboxylic acids is 1. The SMILES string of the molecule is Cn1ccnc1C(NC(=O)/C=C/c1cc(C(F)(F)F)ccc1Cl)c1cccc(F)c1. The van der Waals surface area contributed by atoms with Crippen molar-refractivity contribution in [1.29, 1.82) is 0 Å². The highest BCUT2D eigenvalue weighted by Gasteiger charge is 2.30. The zero-order chi connectivity index (χ0) is 21.9. The largest absolute Gasteiger partial charge is 0.416 e. The van der Waals surface area contributed by atoms with Crippen LogP contribution in [0.2, 0.25) is 5.02 Å². The zero-order valence-corrected chi connectivity index (χ0v) is 16.4. The van der Waals surface area contributed by atoms with Crippen LogP contribution >= 0.6 is 11.6 Å². The highest BCUT2D eigenvalue weighted by molar-refractivity contribution is 6.32. The Labute approximate surface area is 174 Å². The van der Waals surface area contributed by atoms with E-state index in [1.807, 2.05) is 0 Å². The number of halogens is 5. The molecule has 9 heteroatoms. The topological polar surface area (TPSA) is 46.9 Å². The fourth-order valence-electron chi connectivity index (χ4n) is 2.84. The van der Waals surface area contributed by atoms with Gasteiger partial charge in [0, 0.05) is 30.5 Å². The molecule has 3 rings (SSSR count). The minimum absolute atomic E-state index is 0.0425. The summed E-state index contributed by atoms with van der Waals surface area (Å²) >= 11 is 5.95. The molecule has 4 nitrogen and oxygen atoms in total. The lowest BCUT2D eigenvalue weighted by Crippen LogP contribution is -2.29. The van der Waals surface area contributed by atoms with E-state index in [-0.39, 0.29) is 10.6 Å². The van der Waals surface area contributed by atoms with Crippen LogP contribution in [-0.2, 0) is 18.0 Å². The summed E-state index contributed by atoms with van der Waals surface area (Å²) in [5.41, 5.74) is -0.373. The Bertz CT molecular complexity index is 1090. The lowest BCUT2D eigenvalue weighted by atomic mass is 10.1. The smallest absolute Gasteiger partial charge is 0.339 e. The van der Waals surface area contributed by atoms with E-state index in [0.29, 0.717) is 11.4 Å². The summed E-state index contributed by atoms with van der Waals surface area (Å²) in [5.74, 6) is -0.632. The van der Waals surface area contributed by atoms with Crippen molar-refractivity contribution in [2.75, 3.05) is 0 Å². The van der Waals surface area contributed by atoms with E-state index in [1.165, 1.54) is 30.5 Å². The summed E-state index contributed by atoms with van der Waals surface area (Å²) < 4.78 is 54.1. The monoisotopic (exact) mass is 437 g/mol. The number of aromatic nitrogens is 2. The molecule has 0 fully saturated rings. The van der Waals surface area contributed by atoms with Gasteiger partial charge < -0.3 is 9.88 Å². The third-order valence-electron chi connectivity index (χ3n) is 4.32. The van der Waals surface area contributed by atoms with E-state index in [9.17, 15) is 22.4 Å². The predicted octanol–water partition coefficient (Wildman–Crippen LogP) is 5.15. The van der Waals surface area contributed by atoms with Crippen molar-refractivity contribution in [3.05, 3.63) is 94.3 Å². The average molecular weight is 438 g/mol. The number of rotatable bonds is 5. The maximum Gasteiger partial charge on any atom is 0.416 e. The second kappa shape index (κ2) is 8.71. The van der Waals surface area contributed by atoms with Gasteiger partial charge in [-0.2, -0.15) is 13.2 Å². The van der Waals surface area contributed by atoms with Crippen molar-refractivity contribution in [3.63, 3.8) is 0 Å². The number of nitrogens with zero attached hydrogens (tertiary/aromatic N) is 2. The molecule has 0 bridgehead atoms.